The third kappa shape index (κ3) is 6.73. The average molecular weight is 269 g/mol. The molecule has 1 heterocycles. The maximum atomic E-state index is 3.41. The molecule has 1 saturated heterocycles. The average Bonchev–Trinajstić information content (AvgIpc) is 2.44. The zero-order chi connectivity index (χ0) is 14.1. The quantitative estimate of drug-likeness (QED) is 0.649. The van der Waals surface area contributed by atoms with Crippen molar-refractivity contribution in [2.24, 2.45) is 5.92 Å². The second-order valence-corrected chi connectivity index (χ2v) is 6.23. The Morgan fingerprint density at radius 2 is 1.95 bits per heavy atom. The first-order chi connectivity index (χ1) is 9.17. The zero-order valence-corrected chi connectivity index (χ0v) is 13.6. The van der Waals surface area contributed by atoms with Gasteiger partial charge >= 0.3 is 0 Å². The van der Waals surface area contributed by atoms with Crippen LogP contribution in [-0.4, -0.2) is 62.2 Å². The van der Waals surface area contributed by atoms with Crippen molar-refractivity contribution < 1.29 is 0 Å². The van der Waals surface area contributed by atoms with Gasteiger partial charge in [0.15, 0.2) is 0 Å². The van der Waals surface area contributed by atoms with Crippen LogP contribution in [-0.2, 0) is 0 Å². The van der Waals surface area contributed by atoms with E-state index in [-0.39, 0.29) is 0 Å². The van der Waals surface area contributed by atoms with E-state index in [2.05, 4.69) is 42.9 Å². The van der Waals surface area contributed by atoms with Crippen LogP contribution in [0.5, 0.6) is 0 Å². The topological polar surface area (TPSA) is 18.5 Å². The van der Waals surface area contributed by atoms with Gasteiger partial charge in [-0.3, -0.25) is 0 Å². The van der Waals surface area contributed by atoms with Crippen molar-refractivity contribution >= 4 is 0 Å². The molecule has 1 rings (SSSR count). The molecule has 3 heteroatoms. The second kappa shape index (κ2) is 9.73. The molecule has 1 aliphatic rings. The summed E-state index contributed by atoms with van der Waals surface area (Å²) in [6, 6.07) is 0.815. The summed E-state index contributed by atoms with van der Waals surface area (Å²) in [7, 11) is 2.31. The van der Waals surface area contributed by atoms with Crippen molar-refractivity contribution in [3.05, 3.63) is 0 Å². The van der Waals surface area contributed by atoms with E-state index in [0.29, 0.717) is 0 Å². The van der Waals surface area contributed by atoms with E-state index < -0.39 is 0 Å². The van der Waals surface area contributed by atoms with Gasteiger partial charge in [0.2, 0.25) is 0 Å². The molecule has 114 valence electrons. The van der Waals surface area contributed by atoms with Gasteiger partial charge in [0.25, 0.3) is 0 Å². The van der Waals surface area contributed by atoms with Gasteiger partial charge in [-0.1, -0.05) is 27.2 Å². The van der Waals surface area contributed by atoms with Gasteiger partial charge in [-0.2, -0.15) is 0 Å². The Morgan fingerprint density at radius 3 is 2.53 bits per heavy atom. The van der Waals surface area contributed by atoms with Crippen LogP contribution in [0.2, 0.25) is 0 Å². The maximum absolute atomic E-state index is 3.41. The van der Waals surface area contributed by atoms with Crippen LogP contribution >= 0.6 is 0 Å². The summed E-state index contributed by atoms with van der Waals surface area (Å²) in [5.41, 5.74) is 0. The Kier molecular flexibility index (Phi) is 8.67. The minimum atomic E-state index is 0.815. The molecule has 3 nitrogen and oxygen atoms in total. The van der Waals surface area contributed by atoms with Gasteiger partial charge in [0.1, 0.15) is 0 Å². The first-order valence-electron chi connectivity index (χ1n) is 8.30. The summed E-state index contributed by atoms with van der Waals surface area (Å²) in [6.45, 7) is 14.2. The second-order valence-electron chi connectivity index (χ2n) is 6.23. The van der Waals surface area contributed by atoms with Crippen LogP contribution in [0.25, 0.3) is 0 Å². The maximum Gasteiger partial charge on any atom is 0.0117 e. The van der Waals surface area contributed by atoms with E-state index >= 15 is 0 Å². The highest BCUT2D eigenvalue weighted by Gasteiger charge is 2.22. The van der Waals surface area contributed by atoms with E-state index in [1.807, 2.05) is 0 Å². The summed E-state index contributed by atoms with van der Waals surface area (Å²) in [4.78, 5) is 5.25. The molecule has 0 saturated carbocycles. The third-order valence-electron chi connectivity index (χ3n) is 4.56. The molecule has 1 fully saturated rings. The lowest BCUT2D eigenvalue weighted by atomic mass is 10.0. The van der Waals surface area contributed by atoms with Crippen molar-refractivity contribution in [3.8, 4) is 0 Å². The molecule has 1 N–H and O–H groups in total. The van der Waals surface area contributed by atoms with Gasteiger partial charge in [-0.15, -0.1) is 0 Å². The lowest BCUT2D eigenvalue weighted by molar-refractivity contribution is 0.116. The van der Waals surface area contributed by atoms with Gasteiger partial charge in [-0.25, -0.2) is 0 Å². The van der Waals surface area contributed by atoms with Crippen LogP contribution in [0.3, 0.4) is 0 Å². The summed E-state index contributed by atoms with van der Waals surface area (Å²) in [6.07, 6.45) is 5.30. The first kappa shape index (κ1) is 16.9. The monoisotopic (exact) mass is 269 g/mol. The normalized spacial score (nSPS) is 20.1. The minimum absolute atomic E-state index is 0.815. The molecule has 1 aliphatic heterocycles. The van der Waals surface area contributed by atoms with Crippen molar-refractivity contribution in [1.82, 2.24) is 15.1 Å². The summed E-state index contributed by atoms with van der Waals surface area (Å²) in [5.74, 6) is 0.856. The molecular formula is C16H35N3. The molecule has 0 aliphatic carbocycles. The number of rotatable bonds is 9. The fraction of sp³-hybridized carbons (Fsp3) is 1.00. The number of nitrogens with zero attached hydrogens (tertiary/aromatic N) is 2. The molecular weight excluding hydrogens is 234 g/mol. The molecule has 0 aromatic carbocycles. The molecule has 1 unspecified atom stereocenters. The molecule has 0 radical (unpaired) electrons. The Bertz CT molecular complexity index is 212. The Balaban J connectivity index is 2.14. The Labute approximate surface area is 120 Å². The number of hydrogen-bond acceptors (Lipinski definition) is 3. The lowest BCUT2D eigenvalue weighted by Gasteiger charge is -2.37. The van der Waals surface area contributed by atoms with Crippen LogP contribution in [0, 0.1) is 5.92 Å². The number of likely N-dealkylation sites (tertiary alicyclic amines) is 1. The summed E-state index contributed by atoms with van der Waals surface area (Å²) >= 11 is 0. The van der Waals surface area contributed by atoms with E-state index in [9.17, 15) is 0 Å². The van der Waals surface area contributed by atoms with Crippen molar-refractivity contribution in [2.45, 2.75) is 52.5 Å². The van der Waals surface area contributed by atoms with E-state index in [0.717, 1.165) is 25.0 Å². The van der Waals surface area contributed by atoms with Gasteiger partial charge in [0, 0.05) is 12.6 Å². The summed E-state index contributed by atoms with van der Waals surface area (Å²) in [5, 5.41) is 3.41. The Hall–Kier alpha value is -0.120. The van der Waals surface area contributed by atoms with Crippen molar-refractivity contribution in [2.75, 3.05) is 46.3 Å². The molecule has 0 spiro atoms. The van der Waals surface area contributed by atoms with E-state index in [1.165, 1.54) is 51.9 Å². The molecule has 19 heavy (non-hydrogen) atoms. The number of hydrogen-bond donors (Lipinski definition) is 1. The number of nitrogens with one attached hydrogen (secondary N) is 1. The standard InChI is InChI=1S/C16H35N3/c1-5-15(3)14-19-12-8-16(9-13-19)18(4)11-7-10-17-6-2/h15-17H,5-14H2,1-4H3. The van der Waals surface area contributed by atoms with Crippen LogP contribution in [0.1, 0.15) is 46.5 Å². The van der Waals surface area contributed by atoms with E-state index in [1.54, 1.807) is 0 Å². The highest BCUT2D eigenvalue weighted by Crippen LogP contribution is 2.17. The SMILES string of the molecule is CCNCCCN(C)C1CCN(CC(C)CC)CC1. The van der Waals surface area contributed by atoms with Crippen LogP contribution in [0.15, 0.2) is 0 Å². The van der Waals surface area contributed by atoms with E-state index in [4.69, 9.17) is 0 Å². The van der Waals surface area contributed by atoms with Crippen LogP contribution < -0.4 is 5.32 Å². The highest BCUT2D eigenvalue weighted by molar-refractivity contribution is 4.79. The van der Waals surface area contributed by atoms with Crippen molar-refractivity contribution in [3.63, 3.8) is 0 Å². The molecule has 0 bridgehead atoms. The Morgan fingerprint density at radius 1 is 1.26 bits per heavy atom. The van der Waals surface area contributed by atoms with Crippen molar-refractivity contribution in [1.29, 1.82) is 0 Å². The highest BCUT2D eigenvalue weighted by atomic mass is 15.2. The first-order valence-corrected chi connectivity index (χ1v) is 8.30. The van der Waals surface area contributed by atoms with Crippen LogP contribution in [0.4, 0.5) is 0 Å². The summed E-state index contributed by atoms with van der Waals surface area (Å²) < 4.78 is 0. The molecule has 0 amide bonds. The molecule has 1 atom stereocenters. The predicted molar refractivity (Wildman–Crippen MR) is 84.7 cm³/mol. The predicted octanol–water partition coefficient (Wildman–Crippen LogP) is 2.43. The molecule has 0 aromatic heterocycles. The molecule has 0 aromatic rings. The van der Waals surface area contributed by atoms with Gasteiger partial charge in [-0.05, 0) is 65.0 Å². The fourth-order valence-electron chi connectivity index (χ4n) is 2.93. The van der Waals surface area contributed by atoms with Gasteiger partial charge in [0.05, 0.1) is 0 Å². The van der Waals surface area contributed by atoms with Gasteiger partial charge < -0.3 is 15.1 Å². The minimum Gasteiger partial charge on any atom is -0.317 e. The smallest absolute Gasteiger partial charge is 0.0117 e. The number of piperidine rings is 1. The zero-order valence-electron chi connectivity index (χ0n) is 13.6. The fourth-order valence-corrected chi connectivity index (χ4v) is 2.93. The lowest BCUT2D eigenvalue weighted by Crippen LogP contribution is -2.45. The largest absolute Gasteiger partial charge is 0.317 e. The third-order valence-corrected chi connectivity index (χ3v) is 4.56.